The van der Waals surface area contributed by atoms with Crippen molar-refractivity contribution < 1.29 is 13.2 Å². The van der Waals surface area contributed by atoms with Gasteiger partial charge < -0.3 is 0 Å². The van der Waals surface area contributed by atoms with Gasteiger partial charge in [-0.25, -0.2) is 13.2 Å². The van der Waals surface area contributed by atoms with Gasteiger partial charge >= 0.3 is 4.59 Å². The topological polar surface area (TPSA) is 0 Å². The standard InChI is InChI=1S/C3Cl4F3/c4-1(8)2(5,9)3(6,7)10. The lowest BCUT2D eigenvalue weighted by atomic mass is 10.4. The number of halogens is 7. The molecule has 0 aliphatic carbocycles. The van der Waals surface area contributed by atoms with Crippen LogP contribution in [0.4, 0.5) is 13.2 Å². The summed E-state index contributed by atoms with van der Waals surface area (Å²) in [5, 5.41) is -3.71. The van der Waals surface area contributed by atoms with Gasteiger partial charge in [-0.3, -0.25) is 0 Å². The first-order chi connectivity index (χ1) is 4.19. The van der Waals surface area contributed by atoms with E-state index in [9.17, 15) is 13.2 Å². The Hall–Kier alpha value is 0.950. The van der Waals surface area contributed by atoms with E-state index in [-0.39, 0.29) is 0 Å². The predicted octanol–water partition coefficient (Wildman–Crippen LogP) is 3.69. The van der Waals surface area contributed by atoms with Crippen LogP contribution in [0, 0.1) is 5.63 Å². The van der Waals surface area contributed by atoms with Gasteiger partial charge in [0.05, 0.1) is 0 Å². The quantitative estimate of drug-likeness (QED) is 0.640. The van der Waals surface area contributed by atoms with Gasteiger partial charge in [0.25, 0.3) is 10.8 Å². The zero-order chi connectivity index (χ0) is 8.58. The first-order valence-electron chi connectivity index (χ1n) is 1.82. The lowest BCUT2D eigenvalue weighted by molar-refractivity contribution is 0.147. The molecule has 61 valence electrons. The summed E-state index contributed by atoms with van der Waals surface area (Å²) in [4.78, 5) is 0. The van der Waals surface area contributed by atoms with Gasteiger partial charge in [-0.05, 0) is 0 Å². The van der Waals surface area contributed by atoms with Gasteiger partial charge in [-0.1, -0.05) is 46.4 Å². The van der Waals surface area contributed by atoms with Crippen molar-refractivity contribution in [3.05, 3.63) is 5.63 Å². The van der Waals surface area contributed by atoms with Crippen LogP contribution in [0.15, 0.2) is 0 Å². The van der Waals surface area contributed by atoms with Crippen molar-refractivity contribution >= 4 is 46.4 Å². The molecule has 0 aliphatic rings. The van der Waals surface area contributed by atoms with E-state index in [4.69, 9.17) is 0 Å². The van der Waals surface area contributed by atoms with Crippen LogP contribution < -0.4 is 0 Å². The van der Waals surface area contributed by atoms with Crippen LogP contribution >= 0.6 is 46.4 Å². The molecule has 0 saturated carbocycles. The molecule has 0 spiro atoms. The Labute approximate surface area is 75.2 Å². The van der Waals surface area contributed by atoms with E-state index < -0.39 is 15.3 Å². The molecule has 0 heterocycles. The van der Waals surface area contributed by atoms with Gasteiger partial charge in [-0.2, -0.15) is 0 Å². The molecule has 0 aromatic carbocycles. The summed E-state index contributed by atoms with van der Waals surface area (Å²) in [6, 6.07) is 0. The monoisotopic (exact) mass is 233 g/mol. The summed E-state index contributed by atoms with van der Waals surface area (Å²) in [6.07, 6.45) is 0. The third-order valence-electron chi connectivity index (χ3n) is 0.593. The molecule has 0 amide bonds. The molecule has 0 aromatic rings. The Kier molecular flexibility index (Phi) is 3.43. The van der Waals surface area contributed by atoms with E-state index in [2.05, 4.69) is 46.4 Å². The smallest absolute Gasteiger partial charge is 0.216 e. The van der Waals surface area contributed by atoms with E-state index in [0.29, 0.717) is 0 Å². The van der Waals surface area contributed by atoms with Crippen molar-refractivity contribution in [2.24, 2.45) is 0 Å². The average molecular weight is 235 g/mol. The van der Waals surface area contributed by atoms with Crippen LogP contribution in [-0.4, -0.2) is 9.72 Å². The molecule has 0 nitrogen and oxygen atoms in total. The Morgan fingerprint density at radius 3 is 1.40 bits per heavy atom. The molecule has 0 rings (SSSR count). The van der Waals surface area contributed by atoms with E-state index in [1.165, 1.54) is 0 Å². The highest BCUT2D eigenvalue weighted by molar-refractivity contribution is 6.53. The molecule has 10 heavy (non-hydrogen) atoms. The van der Waals surface area contributed by atoms with E-state index in [1.54, 1.807) is 0 Å². The molecule has 0 aromatic heterocycles. The molecular weight excluding hydrogens is 235 g/mol. The van der Waals surface area contributed by atoms with E-state index >= 15 is 0 Å². The van der Waals surface area contributed by atoms with Crippen molar-refractivity contribution in [1.82, 2.24) is 0 Å². The molecule has 1 unspecified atom stereocenters. The lowest BCUT2D eigenvalue weighted by Crippen LogP contribution is -2.35. The molecule has 0 fully saturated rings. The van der Waals surface area contributed by atoms with Crippen molar-refractivity contribution in [3.63, 3.8) is 0 Å². The third kappa shape index (κ3) is 2.22. The number of alkyl halides is 5. The van der Waals surface area contributed by atoms with Crippen molar-refractivity contribution in [2.75, 3.05) is 0 Å². The summed E-state index contributed by atoms with van der Waals surface area (Å²) in [5.74, 6) is 0. The molecular formula is C3Cl4F3. The third-order valence-corrected chi connectivity index (χ3v) is 2.09. The zero-order valence-corrected chi connectivity index (χ0v) is 7.17. The highest BCUT2D eigenvalue weighted by atomic mass is 35.5. The Balaban J connectivity index is 4.40. The van der Waals surface area contributed by atoms with E-state index in [0.717, 1.165) is 0 Å². The fourth-order valence-electron chi connectivity index (χ4n) is 0.107. The first-order valence-corrected chi connectivity index (χ1v) is 3.33. The van der Waals surface area contributed by atoms with Gasteiger partial charge in [0.15, 0.2) is 0 Å². The van der Waals surface area contributed by atoms with Crippen molar-refractivity contribution in [2.45, 2.75) is 9.72 Å². The first kappa shape index (κ1) is 11.0. The number of hydrogen-bond acceptors (Lipinski definition) is 0. The second kappa shape index (κ2) is 3.13. The Morgan fingerprint density at radius 1 is 1.10 bits per heavy atom. The maximum atomic E-state index is 12.3. The Bertz CT molecular complexity index is 117. The summed E-state index contributed by atoms with van der Waals surface area (Å²) in [5.41, 5.74) is -2.05. The molecule has 1 atom stereocenters. The molecule has 1 radical (unpaired) electrons. The lowest BCUT2D eigenvalue weighted by Gasteiger charge is -2.22. The van der Waals surface area contributed by atoms with Gasteiger partial charge in [0.1, 0.15) is 0 Å². The van der Waals surface area contributed by atoms with Crippen LogP contribution in [0.2, 0.25) is 0 Å². The van der Waals surface area contributed by atoms with Crippen LogP contribution in [0.5, 0.6) is 0 Å². The zero-order valence-electron chi connectivity index (χ0n) is 4.15. The van der Waals surface area contributed by atoms with Crippen molar-refractivity contribution in [3.8, 4) is 0 Å². The summed E-state index contributed by atoms with van der Waals surface area (Å²) in [7, 11) is 0. The fourth-order valence-corrected chi connectivity index (χ4v) is 0.500. The minimum Gasteiger partial charge on any atom is -0.216 e. The van der Waals surface area contributed by atoms with Crippen LogP contribution in [-0.2, 0) is 0 Å². The molecule has 7 heteroatoms. The van der Waals surface area contributed by atoms with Crippen LogP contribution in [0.3, 0.4) is 0 Å². The highest BCUT2D eigenvalue weighted by Crippen LogP contribution is 2.49. The number of hydrogen-bond donors (Lipinski definition) is 0. The number of rotatable bonds is 2. The van der Waals surface area contributed by atoms with Crippen LogP contribution in [0.1, 0.15) is 0 Å². The van der Waals surface area contributed by atoms with Gasteiger partial charge in [0, 0.05) is 0 Å². The minimum atomic E-state index is -3.71. The normalized spacial score (nSPS) is 19.2. The minimum absolute atomic E-state index is 2.05. The SMILES string of the molecule is F[C](Cl)C(F)(Cl)C(F)(Cl)Cl. The van der Waals surface area contributed by atoms with Gasteiger partial charge in [0.2, 0.25) is 0 Å². The maximum absolute atomic E-state index is 12.3. The molecule has 0 aliphatic heterocycles. The highest BCUT2D eigenvalue weighted by Gasteiger charge is 2.57. The summed E-state index contributed by atoms with van der Waals surface area (Å²) >= 11 is 17.8. The molecule has 0 saturated heterocycles. The summed E-state index contributed by atoms with van der Waals surface area (Å²) in [6.45, 7) is 0. The second-order valence-electron chi connectivity index (χ2n) is 1.33. The summed E-state index contributed by atoms with van der Waals surface area (Å²) < 4.78 is 32.6. The van der Waals surface area contributed by atoms with Crippen LogP contribution in [0.25, 0.3) is 0 Å². The molecule has 0 N–H and O–H groups in total. The second-order valence-corrected chi connectivity index (χ2v) is 3.42. The fraction of sp³-hybridized carbons (Fsp3) is 0.667. The Morgan fingerprint density at radius 2 is 1.40 bits per heavy atom. The van der Waals surface area contributed by atoms with Gasteiger partial charge in [-0.15, -0.1) is 0 Å². The van der Waals surface area contributed by atoms with E-state index in [1.807, 2.05) is 0 Å². The largest absolute Gasteiger partial charge is 0.310 e. The predicted molar refractivity (Wildman–Crippen MR) is 35.4 cm³/mol. The van der Waals surface area contributed by atoms with Crippen molar-refractivity contribution in [1.29, 1.82) is 0 Å². The average Bonchev–Trinajstić information content (AvgIpc) is 1.62. The maximum Gasteiger partial charge on any atom is 0.310 e. The molecule has 0 bridgehead atoms.